The van der Waals surface area contributed by atoms with Crippen LogP contribution in [0.1, 0.15) is 23.6 Å². The van der Waals surface area contributed by atoms with Crippen LogP contribution in [0.2, 0.25) is 5.02 Å². The van der Waals surface area contributed by atoms with Crippen molar-refractivity contribution in [2.24, 2.45) is 0 Å². The SMILES string of the molecule is CCOc1cc(CNc2ccccc2)c(Cl)cc1OCc1ccccc1C. The van der Waals surface area contributed by atoms with Crippen LogP contribution in [0.5, 0.6) is 11.5 Å². The molecule has 0 unspecified atom stereocenters. The average Bonchev–Trinajstić information content (AvgIpc) is 2.69. The summed E-state index contributed by atoms with van der Waals surface area (Å²) in [4.78, 5) is 0. The molecule has 0 spiro atoms. The Bertz CT molecular complexity index is 881. The summed E-state index contributed by atoms with van der Waals surface area (Å²) >= 11 is 6.51. The monoisotopic (exact) mass is 381 g/mol. The fourth-order valence-corrected chi connectivity index (χ4v) is 3.00. The normalized spacial score (nSPS) is 10.5. The van der Waals surface area contributed by atoms with E-state index in [1.165, 1.54) is 5.56 Å². The van der Waals surface area contributed by atoms with Gasteiger partial charge in [0.1, 0.15) is 6.61 Å². The van der Waals surface area contributed by atoms with Crippen LogP contribution in [0.4, 0.5) is 5.69 Å². The molecule has 0 aliphatic heterocycles. The molecule has 3 rings (SSSR count). The Hall–Kier alpha value is -2.65. The summed E-state index contributed by atoms with van der Waals surface area (Å²) in [6, 6.07) is 22.0. The number of aryl methyl sites for hydroxylation is 1. The average molecular weight is 382 g/mol. The van der Waals surface area contributed by atoms with Gasteiger partial charge in [-0.3, -0.25) is 0 Å². The van der Waals surface area contributed by atoms with Crippen LogP contribution in [0.3, 0.4) is 0 Å². The van der Waals surface area contributed by atoms with Gasteiger partial charge in [-0.1, -0.05) is 54.1 Å². The van der Waals surface area contributed by atoms with Gasteiger partial charge in [-0.15, -0.1) is 0 Å². The molecule has 140 valence electrons. The lowest BCUT2D eigenvalue weighted by molar-refractivity contribution is 0.268. The Kier molecular flexibility index (Phi) is 6.61. The molecule has 27 heavy (non-hydrogen) atoms. The number of hydrogen-bond acceptors (Lipinski definition) is 3. The van der Waals surface area contributed by atoms with E-state index in [-0.39, 0.29) is 0 Å². The Labute approximate surface area is 165 Å². The molecule has 0 aromatic heterocycles. The zero-order chi connectivity index (χ0) is 19.1. The number of rotatable bonds is 8. The number of halogens is 1. The summed E-state index contributed by atoms with van der Waals surface area (Å²) in [7, 11) is 0. The topological polar surface area (TPSA) is 30.5 Å². The quantitative estimate of drug-likeness (QED) is 0.501. The second-order valence-corrected chi connectivity index (χ2v) is 6.67. The van der Waals surface area contributed by atoms with Crippen molar-refractivity contribution in [3.05, 3.63) is 88.4 Å². The third-order valence-electron chi connectivity index (χ3n) is 4.31. The lowest BCUT2D eigenvalue weighted by atomic mass is 10.1. The molecule has 0 aliphatic carbocycles. The largest absolute Gasteiger partial charge is 0.490 e. The summed E-state index contributed by atoms with van der Waals surface area (Å²) in [5.41, 5.74) is 4.36. The first-order valence-corrected chi connectivity index (χ1v) is 9.46. The van der Waals surface area contributed by atoms with E-state index in [2.05, 4.69) is 24.4 Å². The highest BCUT2D eigenvalue weighted by atomic mass is 35.5. The number of hydrogen-bond donors (Lipinski definition) is 1. The third-order valence-corrected chi connectivity index (χ3v) is 4.67. The molecule has 0 aliphatic rings. The minimum Gasteiger partial charge on any atom is -0.490 e. The van der Waals surface area contributed by atoms with Gasteiger partial charge in [0.05, 0.1) is 6.61 Å². The van der Waals surface area contributed by atoms with Crippen LogP contribution in [-0.2, 0) is 13.2 Å². The zero-order valence-electron chi connectivity index (χ0n) is 15.7. The third kappa shape index (κ3) is 5.18. The fourth-order valence-electron chi connectivity index (χ4n) is 2.77. The minimum absolute atomic E-state index is 0.477. The number of anilines is 1. The van der Waals surface area contributed by atoms with E-state index in [4.69, 9.17) is 21.1 Å². The van der Waals surface area contributed by atoms with E-state index < -0.39 is 0 Å². The first-order chi connectivity index (χ1) is 13.2. The van der Waals surface area contributed by atoms with E-state index in [0.717, 1.165) is 16.8 Å². The number of ether oxygens (including phenoxy) is 2. The first-order valence-electron chi connectivity index (χ1n) is 9.09. The molecular weight excluding hydrogens is 358 g/mol. The molecule has 3 nitrogen and oxygen atoms in total. The highest BCUT2D eigenvalue weighted by molar-refractivity contribution is 6.31. The molecule has 0 atom stereocenters. The van der Waals surface area contributed by atoms with Gasteiger partial charge < -0.3 is 14.8 Å². The molecule has 0 heterocycles. The maximum atomic E-state index is 6.51. The van der Waals surface area contributed by atoms with Crippen molar-refractivity contribution >= 4 is 17.3 Å². The molecule has 0 bridgehead atoms. The van der Waals surface area contributed by atoms with Gasteiger partial charge in [-0.2, -0.15) is 0 Å². The molecule has 0 saturated heterocycles. The van der Waals surface area contributed by atoms with E-state index in [0.29, 0.717) is 36.3 Å². The summed E-state index contributed by atoms with van der Waals surface area (Å²) in [6.07, 6.45) is 0. The smallest absolute Gasteiger partial charge is 0.163 e. The highest BCUT2D eigenvalue weighted by Crippen LogP contribution is 2.34. The number of nitrogens with one attached hydrogen (secondary N) is 1. The second kappa shape index (κ2) is 9.33. The van der Waals surface area contributed by atoms with Crippen LogP contribution in [0.15, 0.2) is 66.7 Å². The first kappa shape index (κ1) is 19.1. The van der Waals surface area contributed by atoms with Crippen molar-refractivity contribution in [2.45, 2.75) is 27.0 Å². The number of para-hydroxylation sites is 1. The van der Waals surface area contributed by atoms with Crippen molar-refractivity contribution in [3.8, 4) is 11.5 Å². The molecule has 0 fully saturated rings. The van der Waals surface area contributed by atoms with Gasteiger partial charge in [0.2, 0.25) is 0 Å². The molecule has 0 saturated carbocycles. The maximum absolute atomic E-state index is 6.51. The van der Waals surface area contributed by atoms with Gasteiger partial charge in [-0.05, 0) is 48.7 Å². The van der Waals surface area contributed by atoms with Crippen LogP contribution in [0.25, 0.3) is 0 Å². The van der Waals surface area contributed by atoms with E-state index in [9.17, 15) is 0 Å². The molecular formula is C23H24ClNO2. The van der Waals surface area contributed by atoms with Crippen LogP contribution < -0.4 is 14.8 Å². The minimum atomic E-state index is 0.477. The summed E-state index contributed by atoms with van der Waals surface area (Å²) in [6.45, 7) is 5.69. The van der Waals surface area contributed by atoms with Gasteiger partial charge in [0.15, 0.2) is 11.5 Å². The van der Waals surface area contributed by atoms with Crippen molar-refractivity contribution in [2.75, 3.05) is 11.9 Å². The van der Waals surface area contributed by atoms with Crippen molar-refractivity contribution in [3.63, 3.8) is 0 Å². The Morgan fingerprint density at radius 3 is 2.30 bits per heavy atom. The van der Waals surface area contributed by atoms with Gasteiger partial charge in [0.25, 0.3) is 0 Å². The molecule has 4 heteroatoms. The summed E-state index contributed by atoms with van der Waals surface area (Å²) in [5, 5.41) is 4.03. The van der Waals surface area contributed by atoms with Crippen LogP contribution >= 0.6 is 11.6 Å². The van der Waals surface area contributed by atoms with Crippen molar-refractivity contribution in [1.29, 1.82) is 0 Å². The molecule has 1 N–H and O–H groups in total. The van der Waals surface area contributed by atoms with E-state index in [1.807, 2.05) is 61.5 Å². The van der Waals surface area contributed by atoms with E-state index in [1.54, 1.807) is 0 Å². The lowest BCUT2D eigenvalue weighted by Gasteiger charge is -2.16. The second-order valence-electron chi connectivity index (χ2n) is 6.26. The summed E-state index contributed by atoms with van der Waals surface area (Å²) in [5.74, 6) is 1.37. The lowest BCUT2D eigenvalue weighted by Crippen LogP contribution is -2.04. The van der Waals surface area contributed by atoms with Crippen molar-refractivity contribution < 1.29 is 9.47 Å². The van der Waals surface area contributed by atoms with Gasteiger partial charge in [-0.25, -0.2) is 0 Å². The molecule has 0 amide bonds. The summed E-state index contributed by atoms with van der Waals surface area (Å²) < 4.78 is 11.8. The van der Waals surface area contributed by atoms with Gasteiger partial charge in [0, 0.05) is 23.3 Å². The van der Waals surface area contributed by atoms with Crippen LogP contribution in [0, 0.1) is 6.92 Å². The molecule has 3 aromatic rings. The standard InChI is InChI=1S/C23H24ClNO2/c1-3-26-22-13-19(15-25-20-11-5-4-6-12-20)21(24)14-23(22)27-16-18-10-8-7-9-17(18)2/h4-14,25H,3,15-16H2,1-2H3. The maximum Gasteiger partial charge on any atom is 0.163 e. The Morgan fingerprint density at radius 1 is 0.852 bits per heavy atom. The van der Waals surface area contributed by atoms with Crippen LogP contribution in [-0.4, -0.2) is 6.61 Å². The Balaban J connectivity index is 1.76. The zero-order valence-corrected chi connectivity index (χ0v) is 16.4. The predicted octanol–water partition coefficient (Wildman–Crippen LogP) is 6.24. The fraction of sp³-hybridized carbons (Fsp3) is 0.217. The molecule has 3 aromatic carbocycles. The Morgan fingerprint density at radius 2 is 1.56 bits per heavy atom. The predicted molar refractivity (Wildman–Crippen MR) is 112 cm³/mol. The number of benzene rings is 3. The molecule has 0 radical (unpaired) electrons. The van der Waals surface area contributed by atoms with Crippen molar-refractivity contribution in [1.82, 2.24) is 0 Å². The van der Waals surface area contributed by atoms with Gasteiger partial charge >= 0.3 is 0 Å². The van der Waals surface area contributed by atoms with E-state index >= 15 is 0 Å². The highest BCUT2D eigenvalue weighted by Gasteiger charge is 2.12.